The van der Waals surface area contributed by atoms with Crippen LogP contribution in [0.1, 0.15) is 32.6 Å². The number of carboxylic acids is 1. The van der Waals surface area contributed by atoms with E-state index in [1.54, 1.807) is 11.9 Å². The van der Waals surface area contributed by atoms with Crippen LogP contribution in [0.2, 0.25) is 0 Å². The summed E-state index contributed by atoms with van der Waals surface area (Å²) in [6.07, 6.45) is 5.11. The molecule has 0 aromatic heterocycles. The average molecular weight is 284 g/mol. The number of urea groups is 1. The van der Waals surface area contributed by atoms with E-state index < -0.39 is 11.6 Å². The van der Waals surface area contributed by atoms with Gasteiger partial charge in [-0.15, -0.1) is 0 Å². The predicted molar refractivity (Wildman–Crippen MR) is 73.2 cm³/mol. The number of carbonyl (C=O) groups excluding carboxylic acids is 1. The summed E-state index contributed by atoms with van der Waals surface area (Å²) in [5.41, 5.74) is -1.93. The van der Waals surface area contributed by atoms with E-state index in [0.717, 1.165) is 11.8 Å². The Kier molecular flexibility index (Phi) is 4.22. The Labute approximate surface area is 119 Å². The van der Waals surface area contributed by atoms with Gasteiger partial charge in [-0.05, 0) is 43.9 Å². The molecule has 4 unspecified atom stereocenters. The fourth-order valence-corrected chi connectivity index (χ4v) is 3.49. The van der Waals surface area contributed by atoms with Gasteiger partial charge in [0.15, 0.2) is 5.60 Å². The van der Waals surface area contributed by atoms with Gasteiger partial charge in [-0.25, -0.2) is 9.59 Å². The van der Waals surface area contributed by atoms with Gasteiger partial charge in [0.05, 0.1) is 6.54 Å². The van der Waals surface area contributed by atoms with Crippen LogP contribution in [0.25, 0.3) is 0 Å². The summed E-state index contributed by atoms with van der Waals surface area (Å²) in [6, 6.07) is -0.325. The van der Waals surface area contributed by atoms with Gasteiger partial charge >= 0.3 is 12.0 Å². The second kappa shape index (κ2) is 5.60. The predicted octanol–water partition coefficient (Wildman–Crippen LogP) is 0.900. The number of carbonyl (C=O) groups is 2. The summed E-state index contributed by atoms with van der Waals surface area (Å²) >= 11 is 0. The molecule has 2 saturated carbocycles. The van der Waals surface area contributed by atoms with E-state index >= 15 is 0 Å². The summed E-state index contributed by atoms with van der Waals surface area (Å²) in [6.45, 7) is 1.59. The lowest BCUT2D eigenvalue weighted by molar-refractivity contribution is -0.155. The number of carboxylic acid groups (broad SMARTS) is 1. The molecule has 4 atom stereocenters. The highest BCUT2D eigenvalue weighted by Crippen LogP contribution is 2.48. The molecule has 6 heteroatoms. The van der Waals surface area contributed by atoms with E-state index in [2.05, 4.69) is 5.32 Å². The molecule has 20 heavy (non-hydrogen) atoms. The van der Waals surface area contributed by atoms with Gasteiger partial charge < -0.3 is 20.4 Å². The van der Waals surface area contributed by atoms with Crippen LogP contribution in [0.5, 0.6) is 0 Å². The van der Waals surface area contributed by atoms with Gasteiger partial charge in [-0.2, -0.15) is 0 Å². The van der Waals surface area contributed by atoms with Crippen LogP contribution in [0.4, 0.5) is 4.79 Å². The van der Waals surface area contributed by atoms with Crippen molar-refractivity contribution in [2.75, 3.05) is 20.1 Å². The molecule has 6 nitrogen and oxygen atoms in total. The summed E-state index contributed by atoms with van der Waals surface area (Å²) in [5, 5.41) is 20.8. The number of hydrogen-bond acceptors (Lipinski definition) is 3. The van der Waals surface area contributed by atoms with Gasteiger partial charge in [0.1, 0.15) is 0 Å². The lowest BCUT2D eigenvalue weighted by Gasteiger charge is -2.28. The molecule has 2 fully saturated rings. The van der Waals surface area contributed by atoms with Crippen LogP contribution in [-0.2, 0) is 4.79 Å². The Morgan fingerprint density at radius 3 is 2.55 bits per heavy atom. The fourth-order valence-electron chi connectivity index (χ4n) is 3.49. The van der Waals surface area contributed by atoms with E-state index in [1.165, 1.54) is 32.6 Å². The molecule has 2 amide bonds. The van der Waals surface area contributed by atoms with Crippen molar-refractivity contribution in [1.29, 1.82) is 0 Å². The van der Waals surface area contributed by atoms with Crippen molar-refractivity contribution in [1.82, 2.24) is 10.2 Å². The lowest BCUT2D eigenvalue weighted by atomic mass is 9.88. The minimum atomic E-state index is -1.93. The molecule has 0 heterocycles. The number of nitrogens with zero attached hydrogens (tertiary/aromatic N) is 1. The molecule has 114 valence electrons. The fraction of sp³-hybridized carbons (Fsp3) is 0.857. The Balaban J connectivity index is 1.76. The molecule has 2 aliphatic rings. The van der Waals surface area contributed by atoms with Crippen LogP contribution < -0.4 is 5.32 Å². The maximum absolute atomic E-state index is 11.9. The zero-order valence-electron chi connectivity index (χ0n) is 12.1. The highest BCUT2D eigenvalue weighted by molar-refractivity contribution is 5.79. The molecule has 3 N–H and O–H groups in total. The van der Waals surface area contributed by atoms with E-state index in [4.69, 9.17) is 5.11 Å². The van der Waals surface area contributed by atoms with Gasteiger partial charge in [0, 0.05) is 13.6 Å². The first-order valence-corrected chi connectivity index (χ1v) is 7.24. The van der Waals surface area contributed by atoms with E-state index in [1.807, 2.05) is 0 Å². The lowest BCUT2D eigenvalue weighted by Crippen LogP contribution is -2.50. The highest BCUT2D eigenvalue weighted by Gasteiger charge is 2.40. The minimum absolute atomic E-state index is 0.289. The number of nitrogens with one attached hydrogen (secondary N) is 1. The maximum atomic E-state index is 11.9. The van der Waals surface area contributed by atoms with Gasteiger partial charge in [-0.1, -0.05) is 6.42 Å². The Bertz CT molecular complexity index is 397. The molecule has 2 rings (SSSR count). The van der Waals surface area contributed by atoms with Crippen molar-refractivity contribution in [3.8, 4) is 0 Å². The quantitative estimate of drug-likeness (QED) is 0.699. The SMILES string of the molecule is CN(CC1CC2CCC1C2)C(=O)NCC(C)(O)C(=O)O. The van der Waals surface area contributed by atoms with Gasteiger partial charge in [-0.3, -0.25) is 0 Å². The van der Waals surface area contributed by atoms with Crippen LogP contribution in [0.3, 0.4) is 0 Å². The summed E-state index contributed by atoms with van der Waals surface area (Å²) in [4.78, 5) is 24.3. The van der Waals surface area contributed by atoms with Crippen molar-refractivity contribution in [2.45, 2.75) is 38.2 Å². The zero-order valence-corrected chi connectivity index (χ0v) is 12.1. The van der Waals surface area contributed by atoms with Crippen molar-refractivity contribution >= 4 is 12.0 Å². The van der Waals surface area contributed by atoms with Crippen LogP contribution in [-0.4, -0.2) is 52.9 Å². The largest absolute Gasteiger partial charge is 0.479 e. The normalized spacial score (nSPS) is 30.9. The Hall–Kier alpha value is -1.30. The third kappa shape index (κ3) is 3.23. The molecule has 0 saturated heterocycles. The Morgan fingerprint density at radius 2 is 2.05 bits per heavy atom. The summed E-state index contributed by atoms with van der Waals surface area (Å²) in [7, 11) is 1.72. The second-order valence-electron chi connectivity index (χ2n) is 6.55. The monoisotopic (exact) mass is 284 g/mol. The smallest absolute Gasteiger partial charge is 0.337 e. The van der Waals surface area contributed by atoms with Crippen molar-refractivity contribution in [3.63, 3.8) is 0 Å². The number of aliphatic hydroxyl groups is 1. The standard InChI is InChI=1S/C14H24N2O4/c1-14(20,12(17)18)8-15-13(19)16(2)7-11-6-9-3-4-10(11)5-9/h9-11,20H,3-8H2,1-2H3,(H,15,19)(H,17,18). The molecule has 0 aromatic rings. The van der Waals surface area contributed by atoms with Crippen molar-refractivity contribution in [3.05, 3.63) is 0 Å². The van der Waals surface area contributed by atoms with Crippen LogP contribution >= 0.6 is 0 Å². The third-order valence-corrected chi connectivity index (χ3v) is 4.78. The number of amides is 2. The number of aliphatic carboxylic acids is 1. The van der Waals surface area contributed by atoms with Crippen molar-refractivity contribution < 1.29 is 19.8 Å². The van der Waals surface area contributed by atoms with Gasteiger partial charge in [0.2, 0.25) is 0 Å². The number of hydrogen-bond donors (Lipinski definition) is 3. The second-order valence-corrected chi connectivity index (χ2v) is 6.55. The van der Waals surface area contributed by atoms with E-state index in [0.29, 0.717) is 12.5 Å². The summed E-state index contributed by atoms with van der Waals surface area (Å²) < 4.78 is 0. The molecular formula is C14H24N2O4. The number of fused-ring (bicyclic) bond motifs is 2. The molecule has 0 radical (unpaired) electrons. The topological polar surface area (TPSA) is 89.9 Å². The van der Waals surface area contributed by atoms with Crippen LogP contribution in [0.15, 0.2) is 0 Å². The highest BCUT2D eigenvalue weighted by atomic mass is 16.4. The average Bonchev–Trinajstić information content (AvgIpc) is 2.97. The molecule has 0 spiro atoms. The third-order valence-electron chi connectivity index (χ3n) is 4.78. The van der Waals surface area contributed by atoms with E-state index in [9.17, 15) is 14.7 Å². The molecule has 0 aromatic carbocycles. The minimum Gasteiger partial charge on any atom is -0.479 e. The molecule has 0 aliphatic heterocycles. The first kappa shape index (κ1) is 15.1. The van der Waals surface area contributed by atoms with Crippen LogP contribution in [0, 0.1) is 17.8 Å². The molecule has 2 bridgehead atoms. The molecular weight excluding hydrogens is 260 g/mol. The summed E-state index contributed by atoms with van der Waals surface area (Å²) in [5.74, 6) is 0.824. The molecule has 2 aliphatic carbocycles. The van der Waals surface area contributed by atoms with Gasteiger partial charge in [0.25, 0.3) is 0 Å². The first-order valence-electron chi connectivity index (χ1n) is 7.24. The number of rotatable bonds is 5. The van der Waals surface area contributed by atoms with E-state index in [-0.39, 0.29) is 12.6 Å². The van der Waals surface area contributed by atoms with Crippen molar-refractivity contribution in [2.24, 2.45) is 17.8 Å². The first-order chi connectivity index (χ1) is 9.29. The zero-order chi connectivity index (χ0) is 14.9. The Morgan fingerprint density at radius 1 is 1.35 bits per heavy atom. The maximum Gasteiger partial charge on any atom is 0.337 e.